The molecule has 2 rings (SSSR count). The van der Waals surface area contributed by atoms with Crippen molar-refractivity contribution in [3.05, 3.63) is 0 Å². The summed E-state index contributed by atoms with van der Waals surface area (Å²) in [5.74, 6) is 1.77. The summed E-state index contributed by atoms with van der Waals surface area (Å²) in [7, 11) is 0. The average molecular weight is 266 g/mol. The predicted octanol–water partition coefficient (Wildman–Crippen LogP) is 3.66. The Labute approximate surface area is 120 Å². The van der Waals surface area contributed by atoms with Crippen LogP contribution in [0.4, 0.5) is 0 Å². The van der Waals surface area contributed by atoms with Gasteiger partial charge in [-0.05, 0) is 38.0 Å². The molecular weight excluding hydrogens is 232 g/mol. The van der Waals surface area contributed by atoms with E-state index >= 15 is 0 Å². The van der Waals surface area contributed by atoms with E-state index in [1.54, 1.807) is 0 Å². The maximum atomic E-state index is 3.74. The minimum Gasteiger partial charge on any atom is -0.311 e. The van der Waals surface area contributed by atoms with E-state index in [2.05, 4.69) is 37.9 Å². The van der Waals surface area contributed by atoms with Gasteiger partial charge in [0.15, 0.2) is 0 Å². The molecule has 1 aliphatic carbocycles. The lowest BCUT2D eigenvalue weighted by Crippen LogP contribution is -2.60. The van der Waals surface area contributed by atoms with Crippen LogP contribution in [-0.4, -0.2) is 36.1 Å². The van der Waals surface area contributed by atoms with Gasteiger partial charge in [0, 0.05) is 31.2 Å². The van der Waals surface area contributed by atoms with E-state index in [1.165, 1.54) is 51.6 Å². The molecule has 1 N–H and O–H groups in total. The molecule has 112 valence electrons. The molecule has 4 unspecified atom stereocenters. The Morgan fingerprint density at radius 1 is 1.21 bits per heavy atom. The maximum absolute atomic E-state index is 3.74. The molecule has 2 aliphatic rings. The first-order chi connectivity index (χ1) is 9.13. The van der Waals surface area contributed by atoms with E-state index in [0.717, 1.165) is 30.0 Å². The number of hydrogen-bond acceptors (Lipinski definition) is 2. The first-order valence-corrected chi connectivity index (χ1v) is 8.62. The van der Waals surface area contributed by atoms with Crippen LogP contribution in [0.1, 0.15) is 66.2 Å². The molecule has 1 aliphatic heterocycles. The summed E-state index contributed by atoms with van der Waals surface area (Å²) in [6, 6.07) is 2.30. The van der Waals surface area contributed by atoms with Gasteiger partial charge in [-0.2, -0.15) is 0 Å². The third kappa shape index (κ3) is 3.72. The normalized spacial score (nSPS) is 37.7. The lowest BCUT2D eigenvalue weighted by Gasteiger charge is -2.48. The Balaban J connectivity index is 2.03. The van der Waals surface area contributed by atoms with Gasteiger partial charge in [0.25, 0.3) is 0 Å². The van der Waals surface area contributed by atoms with Gasteiger partial charge in [-0.25, -0.2) is 0 Å². The second kappa shape index (κ2) is 7.08. The Kier molecular flexibility index (Phi) is 5.70. The highest BCUT2D eigenvalue weighted by molar-refractivity contribution is 4.92. The second-order valence-electron chi connectivity index (χ2n) is 7.20. The molecule has 0 bridgehead atoms. The third-order valence-corrected chi connectivity index (χ3v) is 5.40. The molecule has 0 spiro atoms. The summed E-state index contributed by atoms with van der Waals surface area (Å²) in [5.41, 5.74) is 0. The van der Waals surface area contributed by atoms with Gasteiger partial charge in [-0.3, -0.25) is 4.90 Å². The molecule has 0 aromatic heterocycles. The zero-order valence-corrected chi connectivity index (χ0v) is 13.5. The highest BCUT2D eigenvalue weighted by Gasteiger charge is 2.36. The quantitative estimate of drug-likeness (QED) is 0.835. The molecule has 19 heavy (non-hydrogen) atoms. The molecule has 1 saturated heterocycles. The van der Waals surface area contributed by atoms with Crippen LogP contribution in [0, 0.1) is 11.8 Å². The maximum Gasteiger partial charge on any atom is 0.0196 e. The summed E-state index contributed by atoms with van der Waals surface area (Å²) in [5, 5.41) is 3.74. The number of piperazine rings is 1. The van der Waals surface area contributed by atoms with Gasteiger partial charge in [-0.15, -0.1) is 0 Å². The summed E-state index contributed by atoms with van der Waals surface area (Å²) in [4.78, 5) is 2.86. The molecule has 2 heteroatoms. The van der Waals surface area contributed by atoms with Crippen molar-refractivity contribution in [2.45, 2.75) is 84.3 Å². The lowest BCUT2D eigenvalue weighted by molar-refractivity contribution is 0.0211. The van der Waals surface area contributed by atoms with E-state index in [9.17, 15) is 0 Å². The molecule has 4 atom stereocenters. The molecule has 0 radical (unpaired) electrons. The van der Waals surface area contributed by atoms with E-state index in [-0.39, 0.29) is 0 Å². The number of hydrogen-bond donors (Lipinski definition) is 1. The topological polar surface area (TPSA) is 15.3 Å². The minimum atomic E-state index is 0.720. The average Bonchev–Trinajstić information content (AvgIpc) is 2.41. The fourth-order valence-corrected chi connectivity index (χ4v) is 4.29. The van der Waals surface area contributed by atoms with Crippen LogP contribution >= 0.6 is 0 Å². The first kappa shape index (κ1) is 15.3. The monoisotopic (exact) mass is 266 g/mol. The van der Waals surface area contributed by atoms with Crippen LogP contribution in [0.2, 0.25) is 0 Å². The lowest BCUT2D eigenvalue weighted by atomic mass is 9.76. The molecule has 1 saturated carbocycles. The van der Waals surface area contributed by atoms with Crippen molar-refractivity contribution < 1.29 is 0 Å². The van der Waals surface area contributed by atoms with Crippen molar-refractivity contribution in [3.8, 4) is 0 Å². The van der Waals surface area contributed by atoms with Gasteiger partial charge in [0.2, 0.25) is 0 Å². The summed E-state index contributed by atoms with van der Waals surface area (Å²) in [6.45, 7) is 12.1. The highest BCUT2D eigenvalue weighted by Crippen LogP contribution is 2.35. The smallest absolute Gasteiger partial charge is 0.0196 e. The van der Waals surface area contributed by atoms with Crippen LogP contribution in [0.3, 0.4) is 0 Å². The van der Waals surface area contributed by atoms with Crippen molar-refractivity contribution >= 4 is 0 Å². The van der Waals surface area contributed by atoms with E-state index in [0.29, 0.717) is 0 Å². The number of rotatable bonds is 4. The van der Waals surface area contributed by atoms with E-state index in [4.69, 9.17) is 0 Å². The molecule has 0 aromatic rings. The largest absolute Gasteiger partial charge is 0.311 e. The SMILES string of the molecule is CCCC1CN(C2CCCCC2C(C)C)C(C)CN1. The number of nitrogens with zero attached hydrogens (tertiary/aromatic N) is 1. The molecular formula is C17H34N2. The Morgan fingerprint density at radius 2 is 1.95 bits per heavy atom. The van der Waals surface area contributed by atoms with Crippen LogP contribution in [-0.2, 0) is 0 Å². The zero-order chi connectivity index (χ0) is 13.8. The van der Waals surface area contributed by atoms with Gasteiger partial charge in [0.1, 0.15) is 0 Å². The number of nitrogens with one attached hydrogen (secondary N) is 1. The predicted molar refractivity (Wildman–Crippen MR) is 83.5 cm³/mol. The first-order valence-electron chi connectivity index (χ1n) is 8.62. The summed E-state index contributed by atoms with van der Waals surface area (Å²) < 4.78 is 0. The van der Waals surface area contributed by atoms with Crippen LogP contribution in [0.25, 0.3) is 0 Å². The molecule has 0 amide bonds. The van der Waals surface area contributed by atoms with Gasteiger partial charge < -0.3 is 5.32 Å². The standard InChI is InChI=1S/C17H34N2/c1-5-8-15-12-19(14(4)11-18-15)17-10-7-6-9-16(17)13(2)3/h13-18H,5-12H2,1-4H3. The summed E-state index contributed by atoms with van der Waals surface area (Å²) >= 11 is 0. The second-order valence-corrected chi connectivity index (χ2v) is 7.20. The molecule has 2 nitrogen and oxygen atoms in total. The fourth-order valence-electron chi connectivity index (χ4n) is 4.29. The zero-order valence-electron chi connectivity index (χ0n) is 13.5. The Bertz CT molecular complexity index is 264. The Hall–Kier alpha value is -0.0800. The van der Waals surface area contributed by atoms with E-state index in [1.807, 2.05) is 0 Å². The molecule has 1 heterocycles. The fraction of sp³-hybridized carbons (Fsp3) is 1.00. The van der Waals surface area contributed by atoms with Crippen LogP contribution in [0.15, 0.2) is 0 Å². The van der Waals surface area contributed by atoms with Gasteiger partial charge in [0.05, 0.1) is 0 Å². The van der Waals surface area contributed by atoms with E-state index < -0.39 is 0 Å². The van der Waals surface area contributed by atoms with Crippen molar-refractivity contribution in [2.24, 2.45) is 11.8 Å². The third-order valence-electron chi connectivity index (χ3n) is 5.40. The van der Waals surface area contributed by atoms with Gasteiger partial charge in [-0.1, -0.05) is 40.0 Å². The Morgan fingerprint density at radius 3 is 2.63 bits per heavy atom. The van der Waals surface area contributed by atoms with Crippen molar-refractivity contribution in [3.63, 3.8) is 0 Å². The van der Waals surface area contributed by atoms with Crippen LogP contribution in [0.5, 0.6) is 0 Å². The molecule has 0 aromatic carbocycles. The minimum absolute atomic E-state index is 0.720. The van der Waals surface area contributed by atoms with Crippen molar-refractivity contribution in [1.29, 1.82) is 0 Å². The highest BCUT2D eigenvalue weighted by atomic mass is 15.3. The summed E-state index contributed by atoms with van der Waals surface area (Å²) in [6.07, 6.45) is 8.44. The van der Waals surface area contributed by atoms with Gasteiger partial charge >= 0.3 is 0 Å². The molecule has 2 fully saturated rings. The van der Waals surface area contributed by atoms with Crippen molar-refractivity contribution in [2.75, 3.05) is 13.1 Å². The van der Waals surface area contributed by atoms with Crippen LogP contribution < -0.4 is 5.32 Å². The van der Waals surface area contributed by atoms with Crippen molar-refractivity contribution in [1.82, 2.24) is 10.2 Å².